The zero-order valence-electron chi connectivity index (χ0n) is 14.0. The van der Waals surface area contributed by atoms with Gasteiger partial charge in [-0.1, -0.05) is 37.3 Å². The van der Waals surface area contributed by atoms with Gasteiger partial charge in [0.2, 0.25) is 0 Å². The molecule has 1 aromatic carbocycles. The number of hydrogen-bond acceptors (Lipinski definition) is 4. The second-order valence-corrected chi connectivity index (χ2v) is 6.10. The van der Waals surface area contributed by atoms with E-state index in [0.29, 0.717) is 12.4 Å². The summed E-state index contributed by atoms with van der Waals surface area (Å²) in [6.07, 6.45) is 2.32. The van der Waals surface area contributed by atoms with E-state index >= 15 is 0 Å². The molecule has 0 unspecified atom stereocenters. The Kier molecular flexibility index (Phi) is 5.67. The van der Waals surface area contributed by atoms with Gasteiger partial charge in [-0.2, -0.15) is 0 Å². The molecule has 24 heavy (non-hydrogen) atoms. The van der Waals surface area contributed by atoms with Crippen molar-refractivity contribution >= 4 is 5.91 Å². The van der Waals surface area contributed by atoms with Gasteiger partial charge in [-0.15, -0.1) is 0 Å². The lowest BCUT2D eigenvalue weighted by Crippen LogP contribution is -2.53. The first-order valence-electron chi connectivity index (χ1n) is 8.48. The van der Waals surface area contributed by atoms with Crippen LogP contribution in [0.15, 0.2) is 53.1 Å². The van der Waals surface area contributed by atoms with Crippen molar-refractivity contribution in [2.75, 3.05) is 19.7 Å². The Morgan fingerprint density at radius 1 is 1.29 bits per heavy atom. The first-order chi connectivity index (χ1) is 11.8. The van der Waals surface area contributed by atoms with Crippen molar-refractivity contribution in [1.82, 2.24) is 10.2 Å². The van der Waals surface area contributed by atoms with Gasteiger partial charge < -0.3 is 14.5 Å². The second-order valence-electron chi connectivity index (χ2n) is 6.10. The average Bonchev–Trinajstić information content (AvgIpc) is 3.15. The summed E-state index contributed by atoms with van der Waals surface area (Å²) < 4.78 is 11.1. The fraction of sp³-hybridized carbons (Fsp3) is 0.421. The third-order valence-corrected chi connectivity index (χ3v) is 4.38. The van der Waals surface area contributed by atoms with Gasteiger partial charge in [0.15, 0.2) is 5.76 Å². The molecule has 1 saturated heterocycles. The minimum Gasteiger partial charge on any atom is -0.459 e. The van der Waals surface area contributed by atoms with Crippen LogP contribution in [0.2, 0.25) is 0 Å². The molecule has 2 aromatic rings. The zero-order valence-corrected chi connectivity index (χ0v) is 14.0. The lowest BCUT2D eigenvalue weighted by atomic mass is 10.1. The Morgan fingerprint density at radius 2 is 2.12 bits per heavy atom. The highest BCUT2D eigenvalue weighted by atomic mass is 16.5. The predicted molar refractivity (Wildman–Crippen MR) is 91.7 cm³/mol. The average molecular weight is 328 g/mol. The first kappa shape index (κ1) is 16.7. The van der Waals surface area contributed by atoms with Gasteiger partial charge in [0.1, 0.15) is 0 Å². The van der Waals surface area contributed by atoms with E-state index in [1.165, 1.54) is 11.8 Å². The van der Waals surface area contributed by atoms with Gasteiger partial charge in [0.25, 0.3) is 5.91 Å². The van der Waals surface area contributed by atoms with E-state index in [1.54, 1.807) is 12.1 Å². The standard InChI is InChI=1S/C19H24N2O3/c1-2-16(20-19(22)17-9-6-11-23-17)18-14-21(10-12-24-18)13-15-7-4-3-5-8-15/h3-9,11,16,18H,2,10,12-14H2,1H3,(H,20,22)/t16-,18+/m0/s1. The van der Waals surface area contributed by atoms with E-state index < -0.39 is 0 Å². The number of morpholine rings is 1. The number of amides is 1. The summed E-state index contributed by atoms with van der Waals surface area (Å²) in [6, 6.07) is 13.8. The quantitative estimate of drug-likeness (QED) is 0.886. The van der Waals surface area contributed by atoms with Crippen LogP contribution in [-0.4, -0.2) is 42.6 Å². The molecule has 0 bridgehead atoms. The third kappa shape index (κ3) is 4.24. The van der Waals surface area contributed by atoms with Gasteiger partial charge in [-0.05, 0) is 24.1 Å². The molecule has 1 amide bonds. The van der Waals surface area contributed by atoms with E-state index in [4.69, 9.17) is 9.15 Å². The highest BCUT2D eigenvalue weighted by molar-refractivity contribution is 5.91. The molecule has 1 aliphatic heterocycles. The largest absolute Gasteiger partial charge is 0.459 e. The molecule has 0 radical (unpaired) electrons. The molecule has 1 fully saturated rings. The Morgan fingerprint density at radius 3 is 2.83 bits per heavy atom. The maximum Gasteiger partial charge on any atom is 0.287 e. The maximum atomic E-state index is 12.2. The Hall–Kier alpha value is -2.11. The first-order valence-corrected chi connectivity index (χ1v) is 8.48. The molecule has 1 aliphatic rings. The van der Waals surface area contributed by atoms with Crippen molar-refractivity contribution in [3.05, 3.63) is 60.1 Å². The number of carbonyl (C=O) groups is 1. The molecular weight excluding hydrogens is 304 g/mol. The summed E-state index contributed by atoms with van der Waals surface area (Å²) in [5.41, 5.74) is 1.30. The molecule has 1 aromatic heterocycles. The summed E-state index contributed by atoms with van der Waals surface area (Å²) in [5, 5.41) is 3.04. The van der Waals surface area contributed by atoms with Crippen LogP contribution in [0.3, 0.4) is 0 Å². The number of nitrogens with one attached hydrogen (secondary N) is 1. The molecule has 1 N–H and O–H groups in total. The number of furan rings is 1. The Bertz CT molecular complexity index is 627. The van der Waals surface area contributed by atoms with Gasteiger partial charge in [-0.3, -0.25) is 9.69 Å². The molecule has 0 saturated carbocycles. The fourth-order valence-corrected chi connectivity index (χ4v) is 3.07. The van der Waals surface area contributed by atoms with E-state index in [0.717, 1.165) is 26.1 Å². The number of benzene rings is 1. The lowest BCUT2D eigenvalue weighted by Gasteiger charge is -2.37. The van der Waals surface area contributed by atoms with Crippen LogP contribution in [0.1, 0.15) is 29.5 Å². The summed E-state index contributed by atoms with van der Waals surface area (Å²) in [7, 11) is 0. The summed E-state index contributed by atoms with van der Waals surface area (Å²) in [5.74, 6) is 0.154. The molecule has 5 heteroatoms. The van der Waals surface area contributed by atoms with Crippen LogP contribution in [0, 0.1) is 0 Å². The fourth-order valence-electron chi connectivity index (χ4n) is 3.07. The van der Waals surface area contributed by atoms with Crippen molar-refractivity contribution in [1.29, 1.82) is 0 Å². The second kappa shape index (κ2) is 8.13. The smallest absolute Gasteiger partial charge is 0.287 e. The molecule has 5 nitrogen and oxygen atoms in total. The number of carbonyl (C=O) groups excluding carboxylic acids is 1. The predicted octanol–water partition coefficient (Wildman–Crippen LogP) is 2.69. The SMILES string of the molecule is CC[C@H](NC(=O)c1ccco1)[C@H]1CN(Cc2ccccc2)CCO1. The van der Waals surface area contributed by atoms with Gasteiger partial charge in [0, 0.05) is 19.6 Å². The summed E-state index contributed by atoms with van der Waals surface area (Å²) in [6.45, 7) is 5.38. The molecule has 0 spiro atoms. The Labute approximate surface area is 142 Å². The number of nitrogens with zero attached hydrogens (tertiary/aromatic N) is 1. The monoisotopic (exact) mass is 328 g/mol. The number of hydrogen-bond donors (Lipinski definition) is 1. The van der Waals surface area contributed by atoms with E-state index in [2.05, 4.69) is 41.4 Å². The molecule has 128 valence electrons. The van der Waals surface area contributed by atoms with E-state index in [1.807, 2.05) is 6.07 Å². The van der Waals surface area contributed by atoms with Crippen LogP contribution in [0.4, 0.5) is 0 Å². The molecule has 3 rings (SSSR count). The highest BCUT2D eigenvalue weighted by Crippen LogP contribution is 2.15. The number of ether oxygens (including phenoxy) is 1. The normalized spacial score (nSPS) is 19.8. The third-order valence-electron chi connectivity index (χ3n) is 4.38. The lowest BCUT2D eigenvalue weighted by molar-refractivity contribution is -0.0484. The minimum atomic E-state index is -0.185. The molecular formula is C19H24N2O3. The summed E-state index contributed by atoms with van der Waals surface area (Å²) >= 11 is 0. The van der Waals surface area contributed by atoms with Crippen molar-refractivity contribution in [3.63, 3.8) is 0 Å². The van der Waals surface area contributed by atoms with Crippen molar-refractivity contribution in [2.45, 2.75) is 32.0 Å². The van der Waals surface area contributed by atoms with Crippen LogP contribution in [-0.2, 0) is 11.3 Å². The maximum absolute atomic E-state index is 12.2. The van der Waals surface area contributed by atoms with E-state index in [-0.39, 0.29) is 18.1 Å². The van der Waals surface area contributed by atoms with Gasteiger partial charge >= 0.3 is 0 Å². The molecule has 0 aliphatic carbocycles. The molecule has 2 atom stereocenters. The van der Waals surface area contributed by atoms with Crippen LogP contribution < -0.4 is 5.32 Å². The van der Waals surface area contributed by atoms with Gasteiger partial charge in [-0.25, -0.2) is 0 Å². The summed E-state index contributed by atoms with van der Waals surface area (Å²) in [4.78, 5) is 14.6. The van der Waals surface area contributed by atoms with Crippen molar-refractivity contribution in [3.8, 4) is 0 Å². The number of rotatable bonds is 6. The molecule has 2 heterocycles. The Balaban J connectivity index is 1.58. The van der Waals surface area contributed by atoms with Crippen molar-refractivity contribution in [2.24, 2.45) is 0 Å². The van der Waals surface area contributed by atoms with E-state index in [9.17, 15) is 4.79 Å². The van der Waals surface area contributed by atoms with Gasteiger partial charge in [0.05, 0.1) is 25.0 Å². The van der Waals surface area contributed by atoms with Crippen LogP contribution in [0.25, 0.3) is 0 Å². The van der Waals surface area contributed by atoms with Crippen molar-refractivity contribution < 1.29 is 13.9 Å². The minimum absolute atomic E-state index is 0.00799. The topological polar surface area (TPSA) is 54.7 Å². The van der Waals surface area contributed by atoms with Crippen LogP contribution in [0.5, 0.6) is 0 Å². The zero-order chi connectivity index (χ0) is 16.8. The van der Waals surface area contributed by atoms with Crippen LogP contribution >= 0.6 is 0 Å². The highest BCUT2D eigenvalue weighted by Gasteiger charge is 2.29.